The van der Waals surface area contributed by atoms with E-state index in [4.69, 9.17) is 0 Å². The Morgan fingerprint density at radius 3 is 2.50 bits per heavy atom. The largest absolute Gasteiger partial charge is 0.374 e. The first kappa shape index (κ1) is 14.5. The first-order valence-electron chi connectivity index (χ1n) is 6.31. The van der Waals surface area contributed by atoms with Gasteiger partial charge in [0.25, 0.3) is 0 Å². The normalized spacial score (nSPS) is 12.1. The first-order chi connectivity index (χ1) is 8.49. The number of hydrogen-bond acceptors (Lipinski definition) is 2. The molecule has 1 aromatic rings. The summed E-state index contributed by atoms with van der Waals surface area (Å²) in [5.41, 5.74) is 1.60. The van der Waals surface area contributed by atoms with Crippen molar-refractivity contribution in [3.8, 4) is 0 Å². The summed E-state index contributed by atoms with van der Waals surface area (Å²) >= 11 is 0. The second-order valence-electron chi connectivity index (χ2n) is 4.34. The zero-order valence-corrected chi connectivity index (χ0v) is 11.5. The van der Waals surface area contributed by atoms with Gasteiger partial charge in [-0.3, -0.25) is 4.79 Å². The van der Waals surface area contributed by atoms with Crippen LogP contribution in [0.15, 0.2) is 18.2 Å². The zero-order chi connectivity index (χ0) is 13.7. The quantitative estimate of drug-likeness (QED) is 0.874. The van der Waals surface area contributed by atoms with Crippen molar-refractivity contribution >= 4 is 11.6 Å². The molecule has 0 aliphatic heterocycles. The molecule has 0 aliphatic carbocycles. The lowest BCUT2D eigenvalue weighted by atomic mass is 10.1. The minimum atomic E-state index is -0.311. The van der Waals surface area contributed by atoms with Gasteiger partial charge in [0.1, 0.15) is 11.9 Å². The van der Waals surface area contributed by atoms with Crippen molar-refractivity contribution in [2.24, 2.45) is 0 Å². The molecule has 0 aromatic heterocycles. The van der Waals surface area contributed by atoms with Gasteiger partial charge in [-0.2, -0.15) is 0 Å². The van der Waals surface area contributed by atoms with E-state index >= 15 is 0 Å². The Labute approximate surface area is 108 Å². The molecule has 1 unspecified atom stereocenters. The topological polar surface area (TPSA) is 32.3 Å². The average Bonchev–Trinajstić information content (AvgIpc) is 2.34. The number of benzene rings is 1. The van der Waals surface area contributed by atoms with Gasteiger partial charge in [-0.05, 0) is 51.5 Å². The van der Waals surface area contributed by atoms with Gasteiger partial charge < -0.3 is 10.2 Å². The van der Waals surface area contributed by atoms with E-state index in [1.165, 1.54) is 12.1 Å². The predicted molar refractivity (Wildman–Crippen MR) is 72.1 cm³/mol. The summed E-state index contributed by atoms with van der Waals surface area (Å²) in [5.74, 6) is -0.204. The lowest BCUT2D eigenvalue weighted by Gasteiger charge is -2.24. The van der Waals surface area contributed by atoms with Crippen LogP contribution in [-0.4, -0.2) is 29.9 Å². The van der Waals surface area contributed by atoms with Crippen molar-refractivity contribution in [2.75, 3.05) is 18.4 Å². The third kappa shape index (κ3) is 3.45. The molecule has 0 bridgehead atoms. The van der Waals surface area contributed by atoms with Crippen LogP contribution in [0.25, 0.3) is 0 Å². The van der Waals surface area contributed by atoms with Gasteiger partial charge in [0.15, 0.2) is 0 Å². The van der Waals surface area contributed by atoms with Gasteiger partial charge in [-0.15, -0.1) is 0 Å². The molecule has 3 nitrogen and oxygen atoms in total. The Hall–Kier alpha value is -1.58. The number of aryl methyl sites for hydroxylation is 1. The third-order valence-corrected chi connectivity index (χ3v) is 3.01. The molecule has 1 amide bonds. The lowest BCUT2D eigenvalue weighted by Crippen LogP contribution is -2.41. The summed E-state index contributed by atoms with van der Waals surface area (Å²) in [6.45, 7) is 8.95. The monoisotopic (exact) mass is 252 g/mol. The van der Waals surface area contributed by atoms with Crippen LogP contribution in [0.3, 0.4) is 0 Å². The number of nitrogens with one attached hydrogen (secondary N) is 1. The van der Waals surface area contributed by atoms with Gasteiger partial charge in [0.05, 0.1) is 0 Å². The van der Waals surface area contributed by atoms with Crippen molar-refractivity contribution in [3.63, 3.8) is 0 Å². The maximum absolute atomic E-state index is 13.0. The van der Waals surface area contributed by atoms with Crippen LogP contribution >= 0.6 is 0 Å². The van der Waals surface area contributed by atoms with Gasteiger partial charge >= 0.3 is 0 Å². The molecule has 0 saturated heterocycles. The van der Waals surface area contributed by atoms with Crippen LogP contribution < -0.4 is 5.32 Å². The molecule has 4 heteroatoms. The minimum Gasteiger partial charge on any atom is -0.374 e. The van der Waals surface area contributed by atoms with E-state index < -0.39 is 0 Å². The highest BCUT2D eigenvalue weighted by atomic mass is 19.1. The highest BCUT2D eigenvalue weighted by Crippen LogP contribution is 2.17. The number of carbonyl (C=O) groups is 1. The highest BCUT2D eigenvalue weighted by molar-refractivity contribution is 5.84. The Morgan fingerprint density at radius 2 is 2.00 bits per heavy atom. The Morgan fingerprint density at radius 1 is 1.39 bits per heavy atom. The fourth-order valence-electron chi connectivity index (χ4n) is 1.89. The minimum absolute atomic E-state index is 0.0590. The molecule has 18 heavy (non-hydrogen) atoms. The summed E-state index contributed by atoms with van der Waals surface area (Å²) in [7, 11) is 0. The standard InChI is InChI=1S/C14H21FN2O/c1-5-17(6-2)14(18)11(4)16-13-8-7-12(15)9-10(13)3/h7-9,11,16H,5-6H2,1-4H3. The van der Waals surface area contributed by atoms with Crippen LogP contribution in [0.4, 0.5) is 10.1 Å². The maximum atomic E-state index is 13.0. The number of likely N-dealkylation sites (N-methyl/N-ethyl adjacent to an activating group) is 1. The van der Waals surface area contributed by atoms with Crippen molar-refractivity contribution in [1.29, 1.82) is 0 Å². The molecule has 100 valence electrons. The average molecular weight is 252 g/mol. The third-order valence-electron chi connectivity index (χ3n) is 3.01. The van der Waals surface area contributed by atoms with Gasteiger partial charge in [-0.1, -0.05) is 0 Å². The molecule has 0 saturated carbocycles. The van der Waals surface area contributed by atoms with E-state index in [-0.39, 0.29) is 17.8 Å². The number of rotatable bonds is 5. The summed E-state index contributed by atoms with van der Waals surface area (Å²) < 4.78 is 13.0. The summed E-state index contributed by atoms with van der Waals surface area (Å²) in [5, 5.41) is 3.13. The number of halogens is 1. The van der Waals surface area contributed by atoms with E-state index in [0.717, 1.165) is 11.3 Å². The fourth-order valence-corrected chi connectivity index (χ4v) is 1.89. The van der Waals surface area contributed by atoms with E-state index in [1.807, 2.05) is 27.7 Å². The molecule has 0 fully saturated rings. The molecule has 1 aromatic carbocycles. The number of hydrogen-bond donors (Lipinski definition) is 1. The van der Waals surface area contributed by atoms with Crippen LogP contribution in [0.5, 0.6) is 0 Å². The van der Waals surface area contributed by atoms with E-state index in [9.17, 15) is 9.18 Å². The summed E-state index contributed by atoms with van der Waals surface area (Å²) in [4.78, 5) is 13.9. The molecule has 0 aliphatic rings. The molecule has 1 atom stereocenters. The number of carbonyl (C=O) groups excluding carboxylic acids is 1. The van der Waals surface area contributed by atoms with Crippen LogP contribution in [0.2, 0.25) is 0 Å². The summed E-state index contributed by atoms with van der Waals surface area (Å²) in [6.07, 6.45) is 0. The van der Waals surface area contributed by atoms with E-state index in [0.29, 0.717) is 13.1 Å². The van der Waals surface area contributed by atoms with Gasteiger partial charge in [-0.25, -0.2) is 4.39 Å². The first-order valence-corrected chi connectivity index (χ1v) is 6.31. The SMILES string of the molecule is CCN(CC)C(=O)C(C)Nc1ccc(F)cc1C. The second kappa shape index (κ2) is 6.38. The summed E-state index contributed by atoms with van der Waals surface area (Å²) in [6, 6.07) is 4.20. The lowest BCUT2D eigenvalue weighted by molar-refractivity contribution is -0.131. The van der Waals surface area contributed by atoms with Crippen molar-refractivity contribution in [2.45, 2.75) is 33.7 Å². The van der Waals surface area contributed by atoms with Crippen LogP contribution in [0.1, 0.15) is 26.3 Å². The number of amides is 1. The Kier molecular flexibility index (Phi) is 5.13. The Bertz CT molecular complexity index is 416. The predicted octanol–water partition coefficient (Wildman–Crippen LogP) is 2.80. The smallest absolute Gasteiger partial charge is 0.244 e. The zero-order valence-electron chi connectivity index (χ0n) is 11.5. The maximum Gasteiger partial charge on any atom is 0.244 e. The van der Waals surface area contributed by atoms with Crippen LogP contribution in [-0.2, 0) is 4.79 Å². The fraction of sp³-hybridized carbons (Fsp3) is 0.500. The van der Waals surface area contributed by atoms with E-state index in [2.05, 4.69) is 5.32 Å². The van der Waals surface area contributed by atoms with Crippen molar-refractivity contribution < 1.29 is 9.18 Å². The number of nitrogens with zero attached hydrogens (tertiary/aromatic N) is 1. The molecular formula is C14H21FN2O. The van der Waals surface area contributed by atoms with Gasteiger partial charge in [0, 0.05) is 18.8 Å². The van der Waals surface area contributed by atoms with E-state index in [1.54, 1.807) is 11.0 Å². The molecule has 0 radical (unpaired) electrons. The van der Waals surface area contributed by atoms with Crippen molar-refractivity contribution in [3.05, 3.63) is 29.6 Å². The molecule has 1 N–H and O–H groups in total. The van der Waals surface area contributed by atoms with Gasteiger partial charge in [0.2, 0.25) is 5.91 Å². The molecule has 1 rings (SSSR count). The second-order valence-corrected chi connectivity index (χ2v) is 4.34. The molecule has 0 spiro atoms. The molecular weight excluding hydrogens is 231 g/mol. The Balaban J connectivity index is 2.75. The highest BCUT2D eigenvalue weighted by Gasteiger charge is 2.18. The van der Waals surface area contributed by atoms with Crippen LogP contribution in [0, 0.1) is 12.7 Å². The number of anilines is 1. The molecule has 0 heterocycles. The van der Waals surface area contributed by atoms with Crippen molar-refractivity contribution in [1.82, 2.24) is 4.90 Å².